The Kier molecular flexibility index (Phi) is 5.64. The van der Waals surface area contributed by atoms with E-state index in [1.54, 1.807) is 30.1 Å². The molecule has 0 aliphatic rings. The minimum absolute atomic E-state index is 0.126. The highest BCUT2D eigenvalue weighted by atomic mass is 79.9. The lowest BCUT2D eigenvalue weighted by Crippen LogP contribution is -2.30. The number of likely N-dealkylation sites (N-methyl/N-ethyl adjacent to an activating group) is 1. The largest absolute Gasteiger partial charge is 0.365 e. The number of carbonyl (C=O) groups excluding carboxylic acids is 1. The highest BCUT2D eigenvalue weighted by molar-refractivity contribution is 9.10. The number of halogens is 2. The molecule has 0 spiro atoms. The van der Waals surface area contributed by atoms with Gasteiger partial charge < -0.3 is 10.2 Å². The number of aryl methyl sites for hydroxylation is 1. The second-order valence-corrected chi connectivity index (χ2v) is 6.46. The van der Waals surface area contributed by atoms with Crippen LogP contribution in [0, 0.1) is 18.3 Å². The number of nitrogens with zero attached hydrogens (tertiary/aromatic N) is 2. The Hall–Kier alpha value is -2.03. The molecular weight excluding hydrogens is 378 g/mol. The van der Waals surface area contributed by atoms with Crippen molar-refractivity contribution in [1.82, 2.24) is 0 Å². The molecule has 0 aliphatic heterocycles. The number of hydrogen-bond donors (Lipinski definition) is 1. The maximum absolute atomic E-state index is 12.2. The van der Waals surface area contributed by atoms with Crippen molar-refractivity contribution in [3.8, 4) is 6.07 Å². The van der Waals surface area contributed by atoms with Gasteiger partial charge in [0.25, 0.3) is 0 Å². The van der Waals surface area contributed by atoms with E-state index in [1.807, 2.05) is 31.2 Å². The van der Waals surface area contributed by atoms with Crippen LogP contribution in [0.25, 0.3) is 0 Å². The molecule has 0 aromatic heterocycles. The van der Waals surface area contributed by atoms with E-state index in [1.165, 1.54) is 0 Å². The van der Waals surface area contributed by atoms with Crippen molar-refractivity contribution in [3.63, 3.8) is 0 Å². The summed E-state index contributed by atoms with van der Waals surface area (Å²) in [6.07, 6.45) is 0. The predicted octanol–water partition coefficient (Wildman–Crippen LogP) is 4.36. The second kappa shape index (κ2) is 7.49. The molecular formula is C17H15BrClN3O. The zero-order valence-corrected chi connectivity index (χ0v) is 15.1. The third-order valence-corrected chi connectivity index (χ3v) is 4.16. The van der Waals surface area contributed by atoms with E-state index >= 15 is 0 Å². The Morgan fingerprint density at radius 1 is 1.35 bits per heavy atom. The summed E-state index contributed by atoms with van der Waals surface area (Å²) in [5, 5.41) is 12.2. The van der Waals surface area contributed by atoms with Crippen molar-refractivity contribution in [2.24, 2.45) is 0 Å². The number of nitriles is 1. The molecule has 1 amide bonds. The van der Waals surface area contributed by atoms with Crippen LogP contribution in [0.15, 0.2) is 40.9 Å². The average molecular weight is 393 g/mol. The van der Waals surface area contributed by atoms with Crippen LogP contribution in [0.1, 0.15) is 11.1 Å². The van der Waals surface area contributed by atoms with Crippen LogP contribution in [0.4, 0.5) is 11.4 Å². The number of anilines is 2. The predicted molar refractivity (Wildman–Crippen MR) is 96.9 cm³/mol. The van der Waals surface area contributed by atoms with Crippen molar-refractivity contribution in [1.29, 1.82) is 5.26 Å². The van der Waals surface area contributed by atoms with Crippen LogP contribution >= 0.6 is 27.5 Å². The first-order chi connectivity index (χ1) is 10.9. The molecule has 0 fully saturated rings. The van der Waals surface area contributed by atoms with Crippen LogP contribution in [-0.2, 0) is 4.79 Å². The summed E-state index contributed by atoms with van der Waals surface area (Å²) in [7, 11) is 1.80. The number of benzene rings is 2. The van der Waals surface area contributed by atoms with Gasteiger partial charge in [0.15, 0.2) is 0 Å². The summed E-state index contributed by atoms with van der Waals surface area (Å²) in [6.45, 7) is 2.11. The molecule has 2 aromatic carbocycles. The fourth-order valence-corrected chi connectivity index (χ4v) is 2.79. The number of amides is 1. The van der Waals surface area contributed by atoms with Crippen molar-refractivity contribution in [2.45, 2.75) is 6.92 Å². The monoisotopic (exact) mass is 391 g/mol. The highest BCUT2D eigenvalue weighted by Crippen LogP contribution is 2.23. The van der Waals surface area contributed by atoms with E-state index in [0.29, 0.717) is 10.6 Å². The van der Waals surface area contributed by atoms with E-state index in [2.05, 4.69) is 21.2 Å². The zero-order valence-electron chi connectivity index (χ0n) is 12.7. The fourth-order valence-electron chi connectivity index (χ4n) is 2.10. The first-order valence-electron chi connectivity index (χ1n) is 6.87. The summed E-state index contributed by atoms with van der Waals surface area (Å²) in [6, 6.07) is 12.8. The smallest absolute Gasteiger partial charge is 0.243 e. The molecule has 118 valence electrons. The van der Waals surface area contributed by atoms with Gasteiger partial charge in [-0.25, -0.2) is 0 Å². The molecule has 0 atom stereocenters. The quantitative estimate of drug-likeness (QED) is 0.841. The molecule has 0 radical (unpaired) electrons. The molecule has 0 heterocycles. The van der Waals surface area contributed by atoms with Gasteiger partial charge in [-0.15, -0.1) is 0 Å². The molecule has 0 saturated heterocycles. The lowest BCUT2D eigenvalue weighted by molar-refractivity contribution is -0.114. The second-order valence-electron chi connectivity index (χ2n) is 5.14. The van der Waals surface area contributed by atoms with Gasteiger partial charge in [0.05, 0.1) is 17.1 Å². The summed E-state index contributed by atoms with van der Waals surface area (Å²) in [5.41, 5.74) is 2.96. The Morgan fingerprint density at radius 2 is 2.09 bits per heavy atom. The Bertz CT molecular complexity index is 786. The van der Waals surface area contributed by atoms with Crippen LogP contribution in [-0.4, -0.2) is 19.5 Å². The third-order valence-electron chi connectivity index (χ3n) is 3.36. The first-order valence-corrected chi connectivity index (χ1v) is 8.04. The minimum atomic E-state index is -0.126. The maximum Gasteiger partial charge on any atom is 0.243 e. The van der Waals surface area contributed by atoms with Gasteiger partial charge in [-0.1, -0.05) is 27.5 Å². The van der Waals surface area contributed by atoms with Crippen molar-refractivity contribution < 1.29 is 4.79 Å². The topological polar surface area (TPSA) is 56.1 Å². The highest BCUT2D eigenvalue weighted by Gasteiger charge is 2.11. The Morgan fingerprint density at radius 3 is 2.70 bits per heavy atom. The molecule has 6 heteroatoms. The van der Waals surface area contributed by atoms with E-state index in [4.69, 9.17) is 16.9 Å². The Labute approximate surface area is 148 Å². The van der Waals surface area contributed by atoms with Gasteiger partial charge in [0.2, 0.25) is 5.91 Å². The number of rotatable bonds is 4. The van der Waals surface area contributed by atoms with Crippen LogP contribution in [0.3, 0.4) is 0 Å². The van der Waals surface area contributed by atoms with E-state index < -0.39 is 0 Å². The molecule has 0 aliphatic carbocycles. The third kappa shape index (κ3) is 4.47. The van der Waals surface area contributed by atoms with Crippen molar-refractivity contribution in [2.75, 3.05) is 23.8 Å². The summed E-state index contributed by atoms with van der Waals surface area (Å²) in [4.78, 5) is 14.0. The molecule has 2 aromatic rings. The molecule has 0 saturated carbocycles. The normalized spacial score (nSPS) is 10.0. The number of hydrogen-bond acceptors (Lipinski definition) is 3. The summed E-state index contributed by atoms with van der Waals surface area (Å²) >= 11 is 9.42. The number of nitrogens with one attached hydrogen (secondary N) is 1. The number of carbonyl (C=O) groups is 1. The van der Waals surface area contributed by atoms with Gasteiger partial charge >= 0.3 is 0 Å². The molecule has 4 nitrogen and oxygen atoms in total. The summed E-state index contributed by atoms with van der Waals surface area (Å²) < 4.78 is 0.970. The van der Waals surface area contributed by atoms with Crippen LogP contribution in [0.2, 0.25) is 5.02 Å². The van der Waals surface area contributed by atoms with Gasteiger partial charge in [-0.3, -0.25) is 4.79 Å². The van der Waals surface area contributed by atoms with Crippen LogP contribution < -0.4 is 10.2 Å². The van der Waals surface area contributed by atoms with Gasteiger partial charge in [-0.2, -0.15) is 5.26 Å². The molecule has 23 heavy (non-hydrogen) atoms. The lowest BCUT2D eigenvalue weighted by atomic mass is 10.2. The average Bonchev–Trinajstić information content (AvgIpc) is 2.50. The van der Waals surface area contributed by atoms with E-state index in [-0.39, 0.29) is 12.5 Å². The minimum Gasteiger partial charge on any atom is -0.365 e. The molecule has 0 bridgehead atoms. The zero-order chi connectivity index (χ0) is 17.0. The molecule has 2 rings (SSSR count). The SMILES string of the molecule is Cc1cc(Br)ccc1NC(=O)CN(C)c1ccc(C#N)c(Cl)c1. The molecule has 0 unspecified atom stereocenters. The van der Waals surface area contributed by atoms with Crippen molar-refractivity contribution >= 4 is 44.8 Å². The van der Waals surface area contributed by atoms with Crippen LogP contribution in [0.5, 0.6) is 0 Å². The van der Waals surface area contributed by atoms with E-state index in [9.17, 15) is 4.79 Å². The maximum atomic E-state index is 12.2. The van der Waals surface area contributed by atoms with Gasteiger partial charge in [-0.05, 0) is 48.9 Å². The fraction of sp³-hybridized carbons (Fsp3) is 0.176. The van der Waals surface area contributed by atoms with E-state index in [0.717, 1.165) is 21.4 Å². The molecule has 1 N–H and O–H groups in total. The van der Waals surface area contributed by atoms with Gasteiger partial charge in [0.1, 0.15) is 6.07 Å². The van der Waals surface area contributed by atoms with Crippen molar-refractivity contribution in [3.05, 3.63) is 57.0 Å². The van der Waals surface area contributed by atoms with Gasteiger partial charge in [0, 0.05) is 22.9 Å². The lowest BCUT2D eigenvalue weighted by Gasteiger charge is -2.19. The standard InChI is InChI=1S/C17H15BrClN3O/c1-11-7-13(18)4-6-16(11)21-17(23)10-22(2)14-5-3-12(9-20)15(19)8-14/h3-8H,10H2,1-2H3,(H,21,23). The first kappa shape index (κ1) is 17.3. The Balaban J connectivity index is 2.05. The summed E-state index contributed by atoms with van der Waals surface area (Å²) in [5.74, 6) is -0.126.